The van der Waals surface area contributed by atoms with Crippen molar-refractivity contribution in [1.82, 2.24) is 4.90 Å². The third-order valence-electron chi connectivity index (χ3n) is 5.89. The predicted molar refractivity (Wildman–Crippen MR) is 137 cm³/mol. The lowest BCUT2D eigenvalue weighted by atomic mass is 10.1. The predicted octanol–water partition coefficient (Wildman–Crippen LogP) is 4.83. The highest BCUT2D eigenvalue weighted by Crippen LogP contribution is 2.28. The van der Waals surface area contributed by atoms with Crippen molar-refractivity contribution in [2.75, 3.05) is 50.1 Å². The van der Waals surface area contributed by atoms with Gasteiger partial charge in [0.1, 0.15) is 6.61 Å². The fraction of sp³-hybridized carbons (Fsp3) is 0.250. The van der Waals surface area contributed by atoms with Gasteiger partial charge in [-0.15, -0.1) is 0 Å². The third-order valence-corrected chi connectivity index (χ3v) is 5.89. The van der Waals surface area contributed by atoms with Crippen LogP contribution in [0.4, 0.5) is 11.4 Å². The lowest BCUT2D eigenvalue weighted by Gasteiger charge is -2.36. The monoisotopic (exact) mass is 457 g/mol. The second-order valence-corrected chi connectivity index (χ2v) is 8.22. The minimum absolute atomic E-state index is 0.198. The minimum Gasteiger partial charge on any atom is -0.493 e. The average Bonchev–Trinajstić information content (AvgIpc) is 2.89. The maximum atomic E-state index is 12.7. The molecule has 0 radical (unpaired) electrons. The van der Waals surface area contributed by atoms with E-state index in [0.717, 1.165) is 38.4 Å². The Kier molecular flexibility index (Phi) is 7.83. The second-order valence-electron chi connectivity index (χ2n) is 8.22. The topological polar surface area (TPSA) is 54.0 Å². The van der Waals surface area contributed by atoms with Gasteiger partial charge >= 0.3 is 0 Å². The van der Waals surface area contributed by atoms with E-state index in [1.165, 1.54) is 11.3 Å². The lowest BCUT2D eigenvalue weighted by Crippen LogP contribution is -2.45. The number of hydrogen-bond donors (Lipinski definition) is 1. The van der Waals surface area contributed by atoms with Crippen LogP contribution in [0.25, 0.3) is 0 Å². The molecule has 1 amide bonds. The van der Waals surface area contributed by atoms with Gasteiger partial charge in [0.2, 0.25) is 0 Å². The minimum atomic E-state index is -0.198. The zero-order chi connectivity index (χ0) is 23.8. The van der Waals surface area contributed by atoms with Gasteiger partial charge in [-0.25, -0.2) is 0 Å². The first-order chi connectivity index (χ1) is 16.7. The molecule has 0 aromatic heterocycles. The van der Waals surface area contributed by atoms with E-state index in [2.05, 4.69) is 64.2 Å². The number of carbonyl (C=O) groups is 1. The Morgan fingerprint density at radius 3 is 2.38 bits per heavy atom. The van der Waals surface area contributed by atoms with Crippen molar-refractivity contribution in [3.05, 3.63) is 96.6 Å². The molecule has 6 nitrogen and oxygen atoms in total. The number of carbonyl (C=O) groups excluding carboxylic acids is 1. The molecule has 0 unspecified atom stereocenters. The normalized spacial score (nSPS) is 13.9. The molecule has 4 rings (SSSR count). The summed E-state index contributed by atoms with van der Waals surface area (Å²) < 4.78 is 10.9. The standard InChI is InChI=1S/C28H31N3O3/c1-3-19-34-26-14-9-23(20-27(26)33-2)28(32)29-24-10-12-25(13-11-24)31-17-15-30(16-18-31)21-22-7-5-4-6-8-22/h3-14,20H,1,15-19,21H2,2H3,(H,29,32). The molecular weight excluding hydrogens is 426 g/mol. The van der Waals surface area contributed by atoms with Gasteiger partial charge < -0.3 is 19.7 Å². The molecule has 176 valence electrons. The van der Waals surface area contributed by atoms with E-state index in [-0.39, 0.29) is 5.91 Å². The first kappa shape index (κ1) is 23.4. The summed E-state index contributed by atoms with van der Waals surface area (Å²) in [5.74, 6) is 0.888. The van der Waals surface area contributed by atoms with Crippen LogP contribution in [0.1, 0.15) is 15.9 Å². The van der Waals surface area contributed by atoms with Crippen LogP contribution >= 0.6 is 0 Å². The first-order valence-electron chi connectivity index (χ1n) is 11.5. The van der Waals surface area contributed by atoms with Crippen molar-refractivity contribution >= 4 is 17.3 Å². The molecule has 1 N–H and O–H groups in total. The van der Waals surface area contributed by atoms with Crippen molar-refractivity contribution in [1.29, 1.82) is 0 Å². The molecule has 3 aromatic carbocycles. The molecule has 1 aliphatic rings. The van der Waals surface area contributed by atoms with Crippen molar-refractivity contribution in [2.45, 2.75) is 6.54 Å². The number of amides is 1. The largest absolute Gasteiger partial charge is 0.493 e. The van der Waals surface area contributed by atoms with E-state index in [0.29, 0.717) is 23.7 Å². The maximum Gasteiger partial charge on any atom is 0.255 e. The Bertz CT molecular complexity index is 1090. The fourth-order valence-electron chi connectivity index (χ4n) is 4.04. The van der Waals surface area contributed by atoms with Gasteiger partial charge in [-0.05, 0) is 48.0 Å². The lowest BCUT2D eigenvalue weighted by molar-refractivity contribution is 0.102. The van der Waals surface area contributed by atoms with Gasteiger partial charge in [-0.1, -0.05) is 43.0 Å². The Morgan fingerprint density at radius 2 is 1.71 bits per heavy atom. The summed E-state index contributed by atoms with van der Waals surface area (Å²) >= 11 is 0. The number of rotatable bonds is 9. The van der Waals surface area contributed by atoms with E-state index in [1.54, 1.807) is 31.4 Å². The molecule has 1 saturated heterocycles. The number of anilines is 2. The zero-order valence-electron chi connectivity index (χ0n) is 19.6. The van der Waals surface area contributed by atoms with E-state index in [4.69, 9.17) is 9.47 Å². The molecule has 1 heterocycles. The second kappa shape index (κ2) is 11.4. The van der Waals surface area contributed by atoms with Gasteiger partial charge in [0.25, 0.3) is 5.91 Å². The number of nitrogens with one attached hydrogen (secondary N) is 1. The molecule has 0 bridgehead atoms. The average molecular weight is 458 g/mol. The van der Waals surface area contributed by atoms with Crippen molar-refractivity contribution in [3.63, 3.8) is 0 Å². The molecule has 6 heteroatoms. The molecule has 34 heavy (non-hydrogen) atoms. The molecule has 1 fully saturated rings. The summed E-state index contributed by atoms with van der Waals surface area (Å²) in [6, 6.07) is 23.8. The van der Waals surface area contributed by atoms with Crippen LogP contribution in [0.2, 0.25) is 0 Å². The molecule has 0 aliphatic carbocycles. The number of ether oxygens (including phenoxy) is 2. The molecule has 0 atom stereocenters. The third kappa shape index (κ3) is 5.97. The van der Waals surface area contributed by atoms with Crippen LogP contribution in [0.5, 0.6) is 11.5 Å². The number of nitrogens with zero attached hydrogens (tertiary/aromatic N) is 2. The van der Waals surface area contributed by atoms with E-state index >= 15 is 0 Å². The van der Waals surface area contributed by atoms with Crippen LogP contribution in [-0.2, 0) is 6.54 Å². The van der Waals surface area contributed by atoms with Gasteiger partial charge in [0.05, 0.1) is 7.11 Å². The zero-order valence-corrected chi connectivity index (χ0v) is 19.6. The highest BCUT2D eigenvalue weighted by Gasteiger charge is 2.17. The number of piperazine rings is 1. The van der Waals surface area contributed by atoms with Crippen molar-refractivity contribution < 1.29 is 14.3 Å². The van der Waals surface area contributed by atoms with Crippen LogP contribution in [0.15, 0.2) is 85.5 Å². The smallest absolute Gasteiger partial charge is 0.255 e. The summed E-state index contributed by atoms with van der Waals surface area (Å²) in [5, 5.41) is 2.96. The van der Waals surface area contributed by atoms with E-state index < -0.39 is 0 Å². The first-order valence-corrected chi connectivity index (χ1v) is 11.5. The number of benzene rings is 3. The quantitative estimate of drug-likeness (QED) is 0.466. The highest BCUT2D eigenvalue weighted by molar-refractivity contribution is 6.04. The van der Waals surface area contributed by atoms with Crippen molar-refractivity contribution in [3.8, 4) is 11.5 Å². The summed E-state index contributed by atoms with van der Waals surface area (Å²) in [7, 11) is 1.55. The number of hydrogen-bond acceptors (Lipinski definition) is 5. The van der Waals surface area contributed by atoms with Crippen LogP contribution in [-0.4, -0.2) is 50.7 Å². The molecule has 0 spiro atoms. The number of methoxy groups -OCH3 is 1. The SMILES string of the molecule is C=CCOc1ccc(C(=O)Nc2ccc(N3CCN(Cc4ccccc4)CC3)cc2)cc1OC. The Labute approximate surface area is 201 Å². The van der Waals surface area contributed by atoms with Crippen LogP contribution in [0, 0.1) is 0 Å². The van der Waals surface area contributed by atoms with E-state index in [9.17, 15) is 4.79 Å². The molecule has 1 aliphatic heterocycles. The Hall–Kier alpha value is -3.77. The fourth-order valence-corrected chi connectivity index (χ4v) is 4.04. The summed E-state index contributed by atoms with van der Waals surface area (Å²) in [6.07, 6.45) is 1.66. The molecule has 3 aromatic rings. The Balaban J connectivity index is 1.31. The summed E-state index contributed by atoms with van der Waals surface area (Å²) in [5.41, 5.74) is 3.78. The van der Waals surface area contributed by atoms with Gasteiger partial charge in [0.15, 0.2) is 11.5 Å². The van der Waals surface area contributed by atoms with Crippen LogP contribution in [0.3, 0.4) is 0 Å². The van der Waals surface area contributed by atoms with Crippen molar-refractivity contribution in [2.24, 2.45) is 0 Å². The van der Waals surface area contributed by atoms with Gasteiger partial charge in [0, 0.05) is 49.7 Å². The summed E-state index contributed by atoms with van der Waals surface area (Å²) in [6.45, 7) is 9.03. The van der Waals surface area contributed by atoms with E-state index in [1.807, 2.05) is 12.1 Å². The maximum absolute atomic E-state index is 12.7. The van der Waals surface area contributed by atoms with Crippen LogP contribution < -0.4 is 19.7 Å². The van der Waals surface area contributed by atoms with Gasteiger partial charge in [-0.3, -0.25) is 9.69 Å². The summed E-state index contributed by atoms with van der Waals surface area (Å²) in [4.78, 5) is 17.6. The molecular formula is C28H31N3O3. The highest BCUT2D eigenvalue weighted by atomic mass is 16.5. The Morgan fingerprint density at radius 1 is 0.971 bits per heavy atom. The van der Waals surface area contributed by atoms with Gasteiger partial charge in [-0.2, -0.15) is 0 Å². The molecule has 0 saturated carbocycles.